The van der Waals surface area contributed by atoms with E-state index in [-0.39, 0.29) is 44.5 Å². The molecule has 44 heavy (non-hydrogen) atoms. The number of aliphatic hydroxyl groups excluding tert-OH is 1. The standard InChI is InChI=1S/C34H37ClN4O5/c1-24(7-5-12-31(41)37(17-18-40)22-25-8-3-2-4-9-25)34(44)29-20-27(35)13-14-30(29)39(33(34)43)23-26-10-6-11-28(19-26)38-16-15-36-21-32(38)42/h2-11,13-14,19-20,24,36,40,44H,12,15-18,21-23H2,1H3/b7-5+/t24-,34+/m1/s1. The van der Waals surface area contributed by atoms with E-state index in [1.807, 2.05) is 54.6 Å². The van der Waals surface area contributed by atoms with Crippen molar-refractivity contribution in [1.82, 2.24) is 10.2 Å². The number of benzene rings is 3. The van der Waals surface area contributed by atoms with Gasteiger partial charge in [-0.25, -0.2) is 0 Å². The molecule has 3 N–H and O–H groups in total. The Kier molecular flexibility index (Phi) is 9.80. The molecule has 0 spiro atoms. The molecule has 10 heteroatoms. The first-order valence-corrected chi connectivity index (χ1v) is 15.1. The average Bonchev–Trinajstić information content (AvgIpc) is 3.23. The van der Waals surface area contributed by atoms with Gasteiger partial charge in [0.05, 0.1) is 25.4 Å². The summed E-state index contributed by atoms with van der Waals surface area (Å²) >= 11 is 6.34. The monoisotopic (exact) mass is 616 g/mol. The van der Waals surface area contributed by atoms with Gasteiger partial charge in [0.2, 0.25) is 11.8 Å². The van der Waals surface area contributed by atoms with E-state index in [0.29, 0.717) is 35.9 Å². The van der Waals surface area contributed by atoms with Crippen LogP contribution < -0.4 is 15.1 Å². The number of fused-ring (bicyclic) bond motifs is 1. The number of hydrogen-bond acceptors (Lipinski definition) is 6. The summed E-state index contributed by atoms with van der Waals surface area (Å²) in [5.74, 6) is -1.37. The van der Waals surface area contributed by atoms with Gasteiger partial charge in [0.1, 0.15) is 0 Å². The molecule has 0 unspecified atom stereocenters. The van der Waals surface area contributed by atoms with Crippen molar-refractivity contribution in [3.8, 4) is 0 Å². The van der Waals surface area contributed by atoms with Gasteiger partial charge in [0, 0.05) is 54.8 Å². The van der Waals surface area contributed by atoms with Gasteiger partial charge in [-0.3, -0.25) is 14.4 Å². The molecule has 5 rings (SSSR count). The van der Waals surface area contributed by atoms with Crippen LogP contribution in [-0.2, 0) is 33.1 Å². The molecule has 9 nitrogen and oxygen atoms in total. The van der Waals surface area contributed by atoms with Gasteiger partial charge in [-0.2, -0.15) is 0 Å². The molecule has 3 amide bonds. The molecule has 3 aromatic rings. The van der Waals surface area contributed by atoms with Crippen molar-refractivity contribution in [2.45, 2.75) is 32.0 Å². The Morgan fingerprint density at radius 2 is 1.86 bits per heavy atom. The molecule has 230 valence electrons. The number of anilines is 2. The Balaban J connectivity index is 1.34. The molecule has 0 saturated carbocycles. The lowest BCUT2D eigenvalue weighted by Crippen LogP contribution is -2.48. The van der Waals surface area contributed by atoms with Gasteiger partial charge in [0.15, 0.2) is 5.60 Å². The van der Waals surface area contributed by atoms with Crippen LogP contribution in [0.5, 0.6) is 0 Å². The maximum absolute atomic E-state index is 14.0. The lowest BCUT2D eigenvalue weighted by Gasteiger charge is -2.29. The van der Waals surface area contributed by atoms with E-state index < -0.39 is 17.4 Å². The van der Waals surface area contributed by atoms with Crippen molar-refractivity contribution in [3.63, 3.8) is 0 Å². The van der Waals surface area contributed by atoms with Gasteiger partial charge in [-0.15, -0.1) is 0 Å². The number of carbonyl (C=O) groups excluding carboxylic acids is 3. The van der Waals surface area contributed by atoms with Gasteiger partial charge < -0.3 is 30.2 Å². The number of piperazine rings is 1. The minimum atomic E-state index is -1.90. The first-order valence-electron chi connectivity index (χ1n) is 14.8. The lowest BCUT2D eigenvalue weighted by atomic mass is 9.83. The van der Waals surface area contributed by atoms with Crippen molar-refractivity contribution >= 4 is 40.7 Å². The summed E-state index contributed by atoms with van der Waals surface area (Å²) in [5, 5.41) is 25.0. The second-order valence-electron chi connectivity index (χ2n) is 11.2. The van der Waals surface area contributed by atoms with Crippen molar-refractivity contribution in [3.05, 3.63) is 107 Å². The molecule has 2 heterocycles. The van der Waals surface area contributed by atoms with Crippen LogP contribution in [-0.4, -0.2) is 65.6 Å². The van der Waals surface area contributed by atoms with Crippen LogP contribution in [0.25, 0.3) is 0 Å². The highest BCUT2D eigenvalue weighted by Gasteiger charge is 2.52. The van der Waals surface area contributed by atoms with Crippen molar-refractivity contribution in [1.29, 1.82) is 0 Å². The lowest BCUT2D eigenvalue weighted by molar-refractivity contribution is -0.139. The number of halogens is 1. The number of aliphatic hydroxyl groups is 2. The van der Waals surface area contributed by atoms with Crippen LogP contribution in [0.4, 0.5) is 11.4 Å². The predicted octanol–water partition coefficient (Wildman–Crippen LogP) is 3.61. The second-order valence-corrected chi connectivity index (χ2v) is 11.6. The Hall–Kier alpha value is -4.02. The second kappa shape index (κ2) is 13.7. The molecule has 0 radical (unpaired) electrons. The molecule has 0 aromatic heterocycles. The summed E-state index contributed by atoms with van der Waals surface area (Å²) in [7, 11) is 0. The highest BCUT2D eigenvalue weighted by atomic mass is 35.5. The Morgan fingerprint density at radius 1 is 1.09 bits per heavy atom. The summed E-state index contributed by atoms with van der Waals surface area (Å²) in [6.07, 6.45) is 3.39. The Morgan fingerprint density at radius 3 is 2.61 bits per heavy atom. The van der Waals surface area contributed by atoms with Crippen LogP contribution in [0.1, 0.15) is 30.0 Å². The SMILES string of the molecule is C[C@H](/C=C/CC(=O)N(CCO)Cc1ccccc1)[C@@]1(O)C(=O)N(Cc2cccc(N3CCNCC3=O)c2)c2ccc(Cl)cc21. The van der Waals surface area contributed by atoms with E-state index in [0.717, 1.165) is 16.8 Å². The van der Waals surface area contributed by atoms with E-state index in [1.165, 1.54) is 0 Å². The summed E-state index contributed by atoms with van der Waals surface area (Å²) in [6, 6.07) is 22.1. The van der Waals surface area contributed by atoms with Crippen LogP contribution in [0.3, 0.4) is 0 Å². The van der Waals surface area contributed by atoms with Crippen molar-refractivity contribution in [2.75, 3.05) is 42.6 Å². The number of hydrogen-bond donors (Lipinski definition) is 3. The normalized spacial score (nSPS) is 19.0. The minimum Gasteiger partial charge on any atom is -0.395 e. The van der Waals surface area contributed by atoms with E-state index in [2.05, 4.69) is 5.32 Å². The fourth-order valence-corrected chi connectivity index (χ4v) is 5.99. The quantitative estimate of drug-likeness (QED) is 0.284. The zero-order valence-corrected chi connectivity index (χ0v) is 25.4. The third kappa shape index (κ3) is 6.56. The highest BCUT2D eigenvalue weighted by molar-refractivity contribution is 6.31. The van der Waals surface area contributed by atoms with Crippen molar-refractivity contribution < 1.29 is 24.6 Å². The minimum absolute atomic E-state index is 0.0151. The number of carbonyl (C=O) groups is 3. The molecular weight excluding hydrogens is 580 g/mol. The number of rotatable bonds is 11. The van der Waals surface area contributed by atoms with Crippen LogP contribution in [0.15, 0.2) is 84.9 Å². The molecule has 3 aromatic carbocycles. The van der Waals surface area contributed by atoms with E-state index >= 15 is 0 Å². The molecule has 0 bridgehead atoms. The van der Waals surface area contributed by atoms with Crippen LogP contribution in [0, 0.1) is 5.92 Å². The molecule has 2 aliphatic rings. The van der Waals surface area contributed by atoms with Crippen LogP contribution >= 0.6 is 11.6 Å². The first-order chi connectivity index (χ1) is 21.2. The van der Waals surface area contributed by atoms with Crippen molar-refractivity contribution in [2.24, 2.45) is 5.92 Å². The number of amides is 3. The van der Waals surface area contributed by atoms with Gasteiger partial charge in [0.25, 0.3) is 5.91 Å². The summed E-state index contributed by atoms with van der Waals surface area (Å²) in [5.41, 5.74) is 1.58. The summed E-state index contributed by atoms with van der Waals surface area (Å²) in [6.45, 7) is 3.87. The Bertz CT molecular complexity index is 1550. The third-order valence-electron chi connectivity index (χ3n) is 8.20. The maximum Gasteiger partial charge on any atom is 0.264 e. The topological polar surface area (TPSA) is 113 Å². The molecule has 1 fully saturated rings. The third-order valence-corrected chi connectivity index (χ3v) is 8.43. The largest absolute Gasteiger partial charge is 0.395 e. The van der Waals surface area contributed by atoms with E-state index in [9.17, 15) is 24.6 Å². The predicted molar refractivity (Wildman–Crippen MR) is 170 cm³/mol. The van der Waals surface area contributed by atoms with Gasteiger partial charge in [-0.1, -0.05) is 73.1 Å². The zero-order chi connectivity index (χ0) is 31.3. The van der Waals surface area contributed by atoms with E-state index in [4.69, 9.17) is 11.6 Å². The molecule has 0 aliphatic carbocycles. The smallest absolute Gasteiger partial charge is 0.264 e. The maximum atomic E-state index is 14.0. The molecular formula is C34H37ClN4O5. The molecule has 1 saturated heterocycles. The fourth-order valence-electron chi connectivity index (χ4n) is 5.82. The number of nitrogens with zero attached hydrogens (tertiary/aromatic N) is 3. The Labute approximate surface area is 262 Å². The van der Waals surface area contributed by atoms with Gasteiger partial charge in [-0.05, 0) is 41.5 Å². The first kappa shape index (κ1) is 31.4. The number of nitrogens with one attached hydrogen (secondary N) is 1. The van der Waals surface area contributed by atoms with E-state index in [1.54, 1.807) is 52.0 Å². The summed E-state index contributed by atoms with van der Waals surface area (Å²) < 4.78 is 0. The fraction of sp³-hybridized carbons (Fsp3) is 0.324. The average molecular weight is 617 g/mol. The highest BCUT2D eigenvalue weighted by Crippen LogP contribution is 2.46. The zero-order valence-electron chi connectivity index (χ0n) is 24.7. The van der Waals surface area contributed by atoms with Crippen LogP contribution in [0.2, 0.25) is 5.02 Å². The summed E-state index contributed by atoms with van der Waals surface area (Å²) in [4.78, 5) is 44.3. The molecule has 2 atom stereocenters. The van der Waals surface area contributed by atoms with Gasteiger partial charge >= 0.3 is 0 Å². The molecule has 2 aliphatic heterocycles.